The number of benzene rings is 1. The van der Waals surface area contributed by atoms with Crippen LogP contribution in [0.1, 0.15) is 31.9 Å². The van der Waals surface area contributed by atoms with Gasteiger partial charge in [-0.05, 0) is 0 Å². The number of aryl methyl sites for hydroxylation is 1. The van der Waals surface area contributed by atoms with Gasteiger partial charge in [0.05, 0.1) is 0 Å². The summed E-state index contributed by atoms with van der Waals surface area (Å²) < 4.78 is 1.54. The average Bonchev–Trinajstić information content (AvgIpc) is 2.02. The van der Waals surface area contributed by atoms with Gasteiger partial charge in [-0.1, -0.05) is 0 Å². The predicted octanol–water partition coefficient (Wildman–Crippen LogP) is 3.17. The van der Waals surface area contributed by atoms with Gasteiger partial charge in [-0.25, -0.2) is 0 Å². The number of hydrogen-bond acceptors (Lipinski definition) is 1. The van der Waals surface area contributed by atoms with Crippen LogP contribution in [0.2, 0.25) is 0 Å². The predicted molar refractivity (Wildman–Crippen MR) is 68.4 cm³/mol. The molecule has 1 rings (SSSR count). The van der Waals surface area contributed by atoms with Gasteiger partial charge in [-0.3, -0.25) is 0 Å². The van der Waals surface area contributed by atoms with E-state index < -0.39 is 0 Å². The van der Waals surface area contributed by atoms with Crippen molar-refractivity contribution >= 4 is 31.1 Å². The van der Waals surface area contributed by atoms with Gasteiger partial charge in [-0.2, -0.15) is 0 Å². The van der Waals surface area contributed by atoms with E-state index in [-0.39, 0.29) is 4.75 Å². The Labute approximate surface area is 98.8 Å². The number of thioether (sulfide) groups is 1. The molecular weight excluding hydrogens is 255 g/mol. The molecule has 0 aliphatic carbocycles. The maximum absolute atomic E-state index is 3.15. The van der Waals surface area contributed by atoms with E-state index >= 15 is 0 Å². The maximum atomic E-state index is 3.15. The van der Waals surface area contributed by atoms with Crippen molar-refractivity contribution in [2.45, 2.75) is 32.4 Å². The summed E-state index contributed by atoms with van der Waals surface area (Å²) in [4.78, 5) is 0. The van der Waals surface area contributed by atoms with Crippen molar-refractivity contribution < 1.29 is 0 Å². The van der Waals surface area contributed by atoms with Crippen LogP contribution in [0.5, 0.6) is 0 Å². The zero-order chi connectivity index (χ0) is 10.8. The van der Waals surface area contributed by atoms with Crippen molar-refractivity contribution in [3.05, 3.63) is 35.4 Å². The second-order valence-electron chi connectivity index (χ2n) is 4.37. The molecule has 0 aliphatic heterocycles. The Morgan fingerprint density at radius 2 is 1.64 bits per heavy atom. The van der Waals surface area contributed by atoms with Crippen LogP contribution in [0.4, 0.5) is 0 Å². The molecule has 0 saturated heterocycles. The fraction of sp³-hybridized carbons (Fsp3) is 0.417. The molecule has 0 saturated carbocycles. The van der Waals surface area contributed by atoms with Crippen LogP contribution < -0.4 is 0 Å². The van der Waals surface area contributed by atoms with Crippen molar-refractivity contribution in [2.75, 3.05) is 0 Å². The summed E-state index contributed by atoms with van der Waals surface area (Å²) in [5.74, 6) is 0. The molecule has 0 heterocycles. The summed E-state index contributed by atoms with van der Waals surface area (Å²) in [7, 11) is 0. The van der Waals surface area contributed by atoms with E-state index in [1.54, 1.807) is 0 Å². The summed E-state index contributed by atoms with van der Waals surface area (Å²) >= 11 is 5.03. The van der Waals surface area contributed by atoms with E-state index in [4.69, 9.17) is 0 Å². The van der Waals surface area contributed by atoms with Crippen LogP contribution in [0.15, 0.2) is 24.3 Å². The van der Waals surface area contributed by atoms with Crippen molar-refractivity contribution in [3.8, 4) is 0 Å². The first-order chi connectivity index (χ1) is 6.38. The molecule has 1 aromatic carbocycles. The van der Waals surface area contributed by atoms with E-state index in [1.165, 1.54) is 14.9 Å². The molecule has 0 bridgehead atoms. The van der Waals surface area contributed by atoms with Crippen LogP contribution in [-0.2, 0) is 0 Å². The third kappa shape index (κ3) is 4.00. The van der Waals surface area contributed by atoms with Crippen molar-refractivity contribution in [1.82, 2.24) is 0 Å². The van der Waals surface area contributed by atoms with Gasteiger partial charge in [0, 0.05) is 0 Å². The molecule has 0 radical (unpaired) electrons. The van der Waals surface area contributed by atoms with Crippen LogP contribution in [0.3, 0.4) is 0 Å². The monoisotopic (exact) mass is 272 g/mol. The summed E-state index contributed by atoms with van der Waals surface area (Å²) in [6.45, 7) is 8.79. The normalized spacial score (nSPS) is 11.4. The first-order valence-electron chi connectivity index (χ1n) is 4.68. The van der Waals surface area contributed by atoms with E-state index in [0.717, 1.165) is 0 Å². The molecule has 0 fully saturated rings. The number of rotatable bonds is 2. The Balaban J connectivity index is 2.76. The fourth-order valence-electron chi connectivity index (χ4n) is 1.03. The Hall–Kier alpha value is -0.0405. The molecular formula is C12H16SSe. The molecule has 1 aromatic rings. The fourth-order valence-corrected chi connectivity index (χ4v) is 3.70. The minimum atomic E-state index is 0.269. The van der Waals surface area contributed by atoms with Gasteiger partial charge < -0.3 is 0 Å². The minimum absolute atomic E-state index is 0.269. The summed E-state index contributed by atoms with van der Waals surface area (Å²) in [5.41, 5.74) is 2.60. The van der Waals surface area contributed by atoms with Gasteiger partial charge in [0.15, 0.2) is 0 Å². The first-order valence-corrected chi connectivity index (χ1v) is 6.36. The third-order valence-electron chi connectivity index (χ3n) is 1.69. The van der Waals surface area contributed by atoms with Crippen molar-refractivity contribution in [2.24, 2.45) is 0 Å². The van der Waals surface area contributed by atoms with Gasteiger partial charge in [0.25, 0.3) is 0 Å². The van der Waals surface area contributed by atoms with E-state index in [0.29, 0.717) is 0 Å². The van der Waals surface area contributed by atoms with E-state index in [1.807, 2.05) is 11.8 Å². The molecule has 0 aromatic heterocycles. The van der Waals surface area contributed by atoms with Crippen LogP contribution in [0, 0.1) is 6.92 Å². The molecule has 0 spiro atoms. The zero-order valence-corrected chi connectivity index (χ0v) is 11.7. The van der Waals surface area contributed by atoms with Crippen molar-refractivity contribution in [3.63, 3.8) is 0 Å². The molecule has 0 unspecified atom stereocenters. The van der Waals surface area contributed by atoms with Crippen LogP contribution >= 0.6 is 11.8 Å². The van der Waals surface area contributed by atoms with Gasteiger partial charge in [-0.15, -0.1) is 0 Å². The quantitative estimate of drug-likeness (QED) is 0.744. The number of hydrogen-bond donors (Lipinski definition) is 0. The van der Waals surface area contributed by atoms with Crippen LogP contribution in [0.25, 0.3) is 0 Å². The average molecular weight is 271 g/mol. The zero-order valence-electron chi connectivity index (χ0n) is 9.13. The molecule has 2 heteroatoms. The van der Waals surface area contributed by atoms with Gasteiger partial charge in [0.2, 0.25) is 0 Å². The second-order valence-corrected chi connectivity index (χ2v) is 7.64. The van der Waals surface area contributed by atoms with Crippen LogP contribution in [-0.4, -0.2) is 24.1 Å². The summed E-state index contributed by atoms with van der Waals surface area (Å²) in [6.07, 6.45) is 0. The topological polar surface area (TPSA) is 0 Å². The van der Waals surface area contributed by atoms with Crippen molar-refractivity contribution in [1.29, 1.82) is 0 Å². The molecule has 0 nitrogen and oxygen atoms in total. The van der Waals surface area contributed by atoms with E-state index in [9.17, 15) is 0 Å². The second kappa shape index (κ2) is 4.65. The first kappa shape index (κ1) is 12.0. The molecule has 0 N–H and O–H groups in total. The van der Waals surface area contributed by atoms with Gasteiger partial charge >= 0.3 is 98.9 Å². The van der Waals surface area contributed by atoms with Gasteiger partial charge in [0.1, 0.15) is 0 Å². The molecule has 76 valence electrons. The molecule has 14 heavy (non-hydrogen) atoms. The molecule has 0 aliphatic rings. The SMILES string of the molecule is Cc1ccc(C(=[Se])SC(C)(C)C)cc1. The Morgan fingerprint density at radius 3 is 2.07 bits per heavy atom. The Bertz CT molecular complexity index is 319. The Kier molecular flexibility index (Phi) is 4.00. The Morgan fingerprint density at radius 1 is 1.14 bits per heavy atom. The summed E-state index contributed by atoms with van der Waals surface area (Å²) in [5, 5.41) is 0. The third-order valence-corrected chi connectivity index (χ3v) is 3.74. The molecule has 0 amide bonds. The standard InChI is InChI=1S/C12H16SSe/c1-9-5-7-10(8-6-9)11(14)13-12(2,3)4/h5-8H,1-4H3. The van der Waals surface area contributed by atoms with E-state index in [2.05, 4.69) is 67.5 Å². The summed E-state index contributed by atoms with van der Waals surface area (Å²) in [6, 6.07) is 8.63. The molecule has 0 atom stereocenters.